The fourth-order valence-electron chi connectivity index (χ4n) is 2.68. The average molecular weight is 376 g/mol. The standard InChI is InChI=1S/C12H18O2.C9H10O4/c13-14-11-7-2-1-4-8-12-9-5-3-6-10-12;1-9(8(12)13)4-2-3-6(5-9)7(10)11/h3,5-6,9-10,13H,1-2,4,7-8,11H2;2-4H,5H2,1H3,(H,10,11)(H,12,13). The van der Waals surface area contributed by atoms with Crippen LogP contribution in [0.4, 0.5) is 0 Å². The number of unbranched alkanes of at least 4 members (excludes halogenated alkanes) is 3. The van der Waals surface area contributed by atoms with Crippen molar-refractivity contribution in [2.45, 2.75) is 45.4 Å². The van der Waals surface area contributed by atoms with E-state index in [1.54, 1.807) is 0 Å². The first kappa shape index (κ1) is 22.6. The van der Waals surface area contributed by atoms with E-state index in [9.17, 15) is 9.59 Å². The zero-order valence-corrected chi connectivity index (χ0v) is 15.6. The third-order valence-electron chi connectivity index (χ3n) is 4.38. The van der Waals surface area contributed by atoms with E-state index in [0.29, 0.717) is 6.61 Å². The summed E-state index contributed by atoms with van der Waals surface area (Å²) >= 11 is 0. The van der Waals surface area contributed by atoms with Gasteiger partial charge in [-0.15, -0.1) is 0 Å². The third-order valence-corrected chi connectivity index (χ3v) is 4.38. The Bertz CT molecular complexity index is 650. The van der Waals surface area contributed by atoms with Crippen LogP contribution in [0.15, 0.2) is 54.1 Å². The van der Waals surface area contributed by atoms with E-state index < -0.39 is 17.4 Å². The molecule has 0 fully saturated rings. The van der Waals surface area contributed by atoms with Crippen molar-refractivity contribution in [3.05, 3.63) is 59.7 Å². The molecule has 6 nitrogen and oxygen atoms in total. The highest BCUT2D eigenvalue weighted by Crippen LogP contribution is 2.31. The van der Waals surface area contributed by atoms with Crippen LogP contribution in [0.3, 0.4) is 0 Å². The van der Waals surface area contributed by atoms with Gasteiger partial charge >= 0.3 is 11.9 Å². The molecule has 1 aromatic carbocycles. The summed E-state index contributed by atoms with van der Waals surface area (Å²) in [5.41, 5.74) is 0.459. The highest BCUT2D eigenvalue weighted by Gasteiger charge is 2.34. The van der Waals surface area contributed by atoms with Gasteiger partial charge in [-0.1, -0.05) is 61.4 Å². The smallest absolute Gasteiger partial charge is 0.331 e. The van der Waals surface area contributed by atoms with Gasteiger partial charge in [-0.2, -0.15) is 0 Å². The van der Waals surface area contributed by atoms with Crippen LogP contribution in [0.25, 0.3) is 0 Å². The Kier molecular flexibility index (Phi) is 10.1. The van der Waals surface area contributed by atoms with Crippen molar-refractivity contribution >= 4 is 11.9 Å². The molecule has 1 aliphatic rings. The van der Waals surface area contributed by atoms with Gasteiger partial charge in [0.1, 0.15) is 0 Å². The Balaban J connectivity index is 0.000000271. The molecular formula is C21H28O6. The van der Waals surface area contributed by atoms with E-state index in [1.807, 2.05) is 6.07 Å². The number of hydrogen-bond donors (Lipinski definition) is 3. The topological polar surface area (TPSA) is 104 Å². The van der Waals surface area contributed by atoms with Gasteiger partial charge in [0.05, 0.1) is 12.0 Å². The Morgan fingerprint density at radius 3 is 2.33 bits per heavy atom. The summed E-state index contributed by atoms with van der Waals surface area (Å²) in [6.07, 6.45) is 10.1. The molecule has 1 aromatic rings. The molecule has 0 radical (unpaired) electrons. The maximum Gasteiger partial charge on any atom is 0.331 e. The van der Waals surface area contributed by atoms with Crippen LogP contribution in [0, 0.1) is 5.41 Å². The van der Waals surface area contributed by atoms with E-state index in [2.05, 4.69) is 29.2 Å². The number of benzene rings is 1. The predicted octanol–water partition coefficient (Wildman–Crippen LogP) is 4.33. The molecule has 1 aliphatic carbocycles. The van der Waals surface area contributed by atoms with E-state index in [-0.39, 0.29) is 12.0 Å². The molecule has 148 valence electrons. The van der Waals surface area contributed by atoms with Crippen molar-refractivity contribution in [2.75, 3.05) is 6.61 Å². The molecule has 0 saturated heterocycles. The predicted molar refractivity (Wildman–Crippen MR) is 102 cm³/mol. The molecular weight excluding hydrogens is 348 g/mol. The van der Waals surface area contributed by atoms with Crippen molar-refractivity contribution in [1.29, 1.82) is 0 Å². The second kappa shape index (κ2) is 12.0. The molecule has 0 aromatic heterocycles. The number of hydrogen-bond acceptors (Lipinski definition) is 4. The van der Waals surface area contributed by atoms with E-state index in [0.717, 1.165) is 19.3 Å². The second-order valence-corrected chi connectivity index (χ2v) is 6.74. The Labute approximate surface area is 159 Å². The van der Waals surface area contributed by atoms with Crippen molar-refractivity contribution < 1.29 is 29.9 Å². The molecule has 0 bridgehead atoms. The Morgan fingerprint density at radius 1 is 1.07 bits per heavy atom. The summed E-state index contributed by atoms with van der Waals surface area (Å²) < 4.78 is 0. The molecule has 2 rings (SSSR count). The van der Waals surface area contributed by atoms with Crippen LogP contribution in [0.2, 0.25) is 0 Å². The van der Waals surface area contributed by atoms with Crippen LogP contribution in [0.5, 0.6) is 0 Å². The lowest BCUT2D eigenvalue weighted by molar-refractivity contribution is -0.242. The van der Waals surface area contributed by atoms with Crippen molar-refractivity contribution in [3.63, 3.8) is 0 Å². The molecule has 1 unspecified atom stereocenters. The maximum atomic E-state index is 10.8. The van der Waals surface area contributed by atoms with E-state index in [4.69, 9.17) is 15.5 Å². The number of allylic oxidation sites excluding steroid dienone is 2. The van der Waals surface area contributed by atoms with Gasteiger partial charge in [-0.3, -0.25) is 10.1 Å². The fraction of sp³-hybridized carbons (Fsp3) is 0.429. The van der Waals surface area contributed by atoms with Gasteiger partial charge < -0.3 is 10.2 Å². The lowest BCUT2D eigenvalue weighted by Gasteiger charge is -2.23. The van der Waals surface area contributed by atoms with Gasteiger partial charge in [-0.25, -0.2) is 9.68 Å². The lowest BCUT2D eigenvalue weighted by Crippen LogP contribution is -2.28. The maximum absolute atomic E-state index is 10.8. The van der Waals surface area contributed by atoms with Gasteiger partial charge in [0, 0.05) is 5.57 Å². The summed E-state index contributed by atoms with van der Waals surface area (Å²) in [6, 6.07) is 10.5. The normalized spacial score (nSPS) is 18.2. The number of carboxylic acid groups (broad SMARTS) is 2. The van der Waals surface area contributed by atoms with Crippen LogP contribution < -0.4 is 0 Å². The summed E-state index contributed by atoms with van der Waals surface area (Å²) in [5, 5.41) is 25.6. The number of rotatable bonds is 9. The molecule has 3 N–H and O–H groups in total. The molecule has 6 heteroatoms. The largest absolute Gasteiger partial charge is 0.481 e. The summed E-state index contributed by atoms with van der Waals surface area (Å²) in [7, 11) is 0. The van der Waals surface area contributed by atoms with E-state index >= 15 is 0 Å². The minimum Gasteiger partial charge on any atom is -0.481 e. The molecule has 0 spiro atoms. The van der Waals surface area contributed by atoms with Crippen LogP contribution in [-0.4, -0.2) is 34.0 Å². The lowest BCUT2D eigenvalue weighted by atomic mass is 9.80. The SMILES string of the molecule is CC1(C(=O)O)C=CC=C(C(=O)O)C1.OOCCCCCCc1ccccc1. The minimum absolute atomic E-state index is 0.0359. The summed E-state index contributed by atoms with van der Waals surface area (Å²) in [5.74, 6) is -2.06. The van der Waals surface area contributed by atoms with Crippen molar-refractivity contribution in [1.82, 2.24) is 0 Å². The monoisotopic (exact) mass is 376 g/mol. The van der Waals surface area contributed by atoms with Gasteiger partial charge in [0.2, 0.25) is 0 Å². The molecule has 0 heterocycles. The average Bonchev–Trinajstić information content (AvgIpc) is 2.66. The first-order valence-corrected chi connectivity index (χ1v) is 9.04. The van der Waals surface area contributed by atoms with Crippen molar-refractivity contribution in [3.8, 4) is 0 Å². The first-order valence-electron chi connectivity index (χ1n) is 9.04. The molecule has 0 aliphatic heterocycles. The van der Waals surface area contributed by atoms with E-state index in [1.165, 1.54) is 43.6 Å². The van der Waals surface area contributed by atoms with Gasteiger partial charge in [0.15, 0.2) is 0 Å². The zero-order chi connectivity index (χ0) is 20.1. The van der Waals surface area contributed by atoms with Crippen LogP contribution in [-0.2, 0) is 20.9 Å². The fourth-order valence-corrected chi connectivity index (χ4v) is 2.68. The Hall–Kier alpha value is -2.44. The van der Waals surface area contributed by atoms with Crippen molar-refractivity contribution in [2.24, 2.45) is 5.41 Å². The second-order valence-electron chi connectivity index (χ2n) is 6.74. The number of aliphatic carboxylic acids is 2. The zero-order valence-electron chi connectivity index (χ0n) is 15.6. The Morgan fingerprint density at radius 2 is 1.74 bits per heavy atom. The molecule has 0 amide bonds. The quantitative estimate of drug-likeness (QED) is 0.337. The molecule has 1 atom stereocenters. The number of carboxylic acids is 2. The third kappa shape index (κ3) is 8.66. The molecule has 27 heavy (non-hydrogen) atoms. The summed E-state index contributed by atoms with van der Waals surface area (Å²) in [4.78, 5) is 25.3. The van der Waals surface area contributed by atoms with Crippen LogP contribution >= 0.6 is 0 Å². The number of aryl methyl sites for hydroxylation is 1. The van der Waals surface area contributed by atoms with Gasteiger partial charge in [0.25, 0.3) is 0 Å². The molecule has 0 saturated carbocycles. The van der Waals surface area contributed by atoms with Crippen LogP contribution in [0.1, 0.15) is 44.6 Å². The first-order chi connectivity index (χ1) is 12.9. The van der Waals surface area contributed by atoms with Gasteiger partial charge in [-0.05, 0) is 38.2 Å². The highest BCUT2D eigenvalue weighted by molar-refractivity contribution is 5.90. The minimum atomic E-state index is -1.08. The summed E-state index contributed by atoms with van der Waals surface area (Å²) in [6.45, 7) is 1.97. The highest BCUT2D eigenvalue weighted by atomic mass is 17.1. The number of carbonyl (C=O) groups is 2.